The average molecular weight is 359 g/mol. The molecule has 1 heterocycles. The Bertz CT molecular complexity index is 681. The summed E-state index contributed by atoms with van der Waals surface area (Å²) in [4.78, 5) is 26.5. The largest absolute Gasteiger partial charge is 0.324 e. The van der Waals surface area contributed by atoms with Gasteiger partial charge in [-0.05, 0) is 31.2 Å². The first kappa shape index (κ1) is 20.8. The van der Waals surface area contributed by atoms with Crippen LogP contribution in [0.2, 0.25) is 0 Å². The Hall–Kier alpha value is -2.22. The molecule has 23 heavy (non-hydrogen) atoms. The van der Waals surface area contributed by atoms with Gasteiger partial charge in [0.25, 0.3) is 11.6 Å². The lowest BCUT2D eigenvalue weighted by molar-refractivity contribution is -0.385. The van der Waals surface area contributed by atoms with Crippen molar-refractivity contribution in [1.82, 2.24) is 4.98 Å². The predicted octanol–water partition coefficient (Wildman–Crippen LogP) is 3.11. The molecule has 0 spiro atoms. The number of anilines is 1. The van der Waals surface area contributed by atoms with Gasteiger partial charge in [-0.15, -0.1) is 24.8 Å². The molecule has 0 saturated heterocycles. The average Bonchev–Trinajstić information content (AvgIpc) is 2.47. The van der Waals surface area contributed by atoms with Crippen molar-refractivity contribution in [1.29, 1.82) is 0 Å². The molecule has 0 aliphatic heterocycles. The first-order valence-electron chi connectivity index (χ1n) is 6.24. The third kappa shape index (κ3) is 5.17. The normalized spacial score (nSPS) is 10.7. The number of carbonyl (C=O) groups excluding carboxylic acids is 1. The van der Waals surface area contributed by atoms with Crippen molar-refractivity contribution in [2.24, 2.45) is 5.73 Å². The molecule has 1 unspecified atom stereocenters. The van der Waals surface area contributed by atoms with E-state index in [0.717, 1.165) is 0 Å². The van der Waals surface area contributed by atoms with Crippen molar-refractivity contribution >= 4 is 42.1 Å². The third-order valence-electron chi connectivity index (χ3n) is 2.92. The summed E-state index contributed by atoms with van der Waals surface area (Å²) in [5.41, 5.74) is 6.68. The number of nitrogens with two attached hydrogens (primary N) is 1. The minimum atomic E-state index is -0.540. The maximum atomic E-state index is 12.1. The van der Waals surface area contributed by atoms with E-state index >= 15 is 0 Å². The van der Waals surface area contributed by atoms with Crippen molar-refractivity contribution in [3.63, 3.8) is 0 Å². The second kappa shape index (κ2) is 9.04. The molecule has 0 radical (unpaired) electrons. The number of carbonyl (C=O) groups is 1. The summed E-state index contributed by atoms with van der Waals surface area (Å²) < 4.78 is 0. The molecule has 1 atom stereocenters. The van der Waals surface area contributed by atoms with E-state index in [0.29, 0.717) is 11.3 Å². The van der Waals surface area contributed by atoms with Gasteiger partial charge < -0.3 is 11.1 Å². The maximum Gasteiger partial charge on any atom is 0.274 e. The Morgan fingerprint density at radius 3 is 2.39 bits per heavy atom. The van der Waals surface area contributed by atoms with Gasteiger partial charge in [0, 0.05) is 41.3 Å². The van der Waals surface area contributed by atoms with E-state index in [1.165, 1.54) is 30.6 Å². The SMILES string of the molecule is CC(N)c1ccc(C(=O)Nc2ccncc2)cc1[N+](=O)[O-].Cl.Cl. The summed E-state index contributed by atoms with van der Waals surface area (Å²) in [5, 5.41) is 13.7. The highest BCUT2D eigenvalue weighted by Gasteiger charge is 2.19. The Labute approximate surface area is 145 Å². The van der Waals surface area contributed by atoms with Gasteiger partial charge in [0.15, 0.2) is 0 Å². The third-order valence-corrected chi connectivity index (χ3v) is 2.92. The number of aromatic nitrogens is 1. The van der Waals surface area contributed by atoms with Crippen LogP contribution in [0.3, 0.4) is 0 Å². The summed E-state index contributed by atoms with van der Waals surface area (Å²) in [5.74, 6) is -0.430. The molecule has 1 aromatic carbocycles. The fourth-order valence-corrected chi connectivity index (χ4v) is 1.87. The van der Waals surface area contributed by atoms with Crippen molar-refractivity contribution in [3.8, 4) is 0 Å². The molecule has 0 aliphatic carbocycles. The van der Waals surface area contributed by atoms with Crippen LogP contribution in [0, 0.1) is 10.1 Å². The van der Waals surface area contributed by atoms with Crippen molar-refractivity contribution < 1.29 is 9.72 Å². The fraction of sp³-hybridized carbons (Fsp3) is 0.143. The van der Waals surface area contributed by atoms with Crippen LogP contribution < -0.4 is 11.1 Å². The molecule has 0 fully saturated rings. The van der Waals surface area contributed by atoms with Crippen molar-refractivity contribution in [2.75, 3.05) is 5.32 Å². The van der Waals surface area contributed by atoms with Crippen molar-refractivity contribution in [3.05, 3.63) is 64.0 Å². The molecule has 9 heteroatoms. The number of hydrogen-bond donors (Lipinski definition) is 2. The van der Waals surface area contributed by atoms with E-state index in [9.17, 15) is 14.9 Å². The van der Waals surface area contributed by atoms with Crippen LogP contribution in [0.4, 0.5) is 11.4 Å². The molecular weight excluding hydrogens is 343 g/mol. The number of pyridine rings is 1. The molecule has 1 amide bonds. The number of halogens is 2. The Morgan fingerprint density at radius 1 is 1.26 bits per heavy atom. The van der Waals surface area contributed by atoms with Gasteiger partial charge in [0.1, 0.15) is 0 Å². The summed E-state index contributed by atoms with van der Waals surface area (Å²) in [6, 6.07) is 7.02. The zero-order valence-corrected chi connectivity index (χ0v) is 13.8. The van der Waals surface area contributed by atoms with E-state index in [2.05, 4.69) is 10.3 Å². The monoisotopic (exact) mass is 358 g/mol. The van der Waals surface area contributed by atoms with Gasteiger partial charge >= 0.3 is 0 Å². The van der Waals surface area contributed by atoms with Crippen LogP contribution >= 0.6 is 24.8 Å². The van der Waals surface area contributed by atoms with Gasteiger partial charge in [-0.1, -0.05) is 0 Å². The summed E-state index contributed by atoms with van der Waals surface area (Å²) in [6.45, 7) is 1.65. The van der Waals surface area contributed by atoms with E-state index in [4.69, 9.17) is 5.73 Å². The van der Waals surface area contributed by atoms with Crippen LogP contribution in [-0.2, 0) is 0 Å². The second-order valence-electron chi connectivity index (χ2n) is 4.51. The van der Waals surface area contributed by atoms with E-state index in [-0.39, 0.29) is 36.1 Å². The lowest BCUT2D eigenvalue weighted by atomic mass is 10.0. The van der Waals surface area contributed by atoms with Gasteiger partial charge in [0.2, 0.25) is 0 Å². The van der Waals surface area contributed by atoms with Crippen LogP contribution in [0.15, 0.2) is 42.7 Å². The van der Waals surface area contributed by atoms with Crippen LogP contribution in [0.1, 0.15) is 28.9 Å². The van der Waals surface area contributed by atoms with Crippen LogP contribution in [0.25, 0.3) is 0 Å². The molecule has 124 valence electrons. The smallest absolute Gasteiger partial charge is 0.274 e. The van der Waals surface area contributed by atoms with Crippen LogP contribution in [0.5, 0.6) is 0 Å². The van der Waals surface area contributed by atoms with Gasteiger partial charge in [-0.3, -0.25) is 19.9 Å². The van der Waals surface area contributed by atoms with Gasteiger partial charge in [0.05, 0.1) is 4.92 Å². The molecule has 1 aromatic heterocycles. The van der Waals surface area contributed by atoms with Gasteiger partial charge in [-0.2, -0.15) is 0 Å². The molecule has 7 nitrogen and oxygen atoms in total. The number of hydrogen-bond acceptors (Lipinski definition) is 5. The summed E-state index contributed by atoms with van der Waals surface area (Å²) in [6.07, 6.45) is 3.08. The Morgan fingerprint density at radius 2 is 1.87 bits per heavy atom. The van der Waals surface area contributed by atoms with Gasteiger partial charge in [-0.25, -0.2) is 0 Å². The van der Waals surface area contributed by atoms with Crippen LogP contribution in [-0.4, -0.2) is 15.8 Å². The number of nitro groups is 1. The molecule has 0 aliphatic rings. The lowest BCUT2D eigenvalue weighted by Gasteiger charge is -2.09. The molecule has 2 aromatic rings. The lowest BCUT2D eigenvalue weighted by Crippen LogP contribution is -2.14. The predicted molar refractivity (Wildman–Crippen MR) is 92.4 cm³/mol. The molecule has 3 N–H and O–H groups in total. The van der Waals surface area contributed by atoms with E-state index in [1.807, 2.05) is 0 Å². The number of nitrogens with zero attached hydrogens (tertiary/aromatic N) is 2. The zero-order chi connectivity index (χ0) is 15.4. The van der Waals surface area contributed by atoms with E-state index in [1.54, 1.807) is 19.1 Å². The standard InChI is InChI=1S/C14H14N4O3.2ClH/c1-9(15)12-3-2-10(8-13(12)18(20)21)14(19)17-11-4-6-16-7-5-11;;/h2-9H,15H2,1H3,(H,16,17,19);2*1H. The zero-order valence-electron chi connectivity index (χ0n) is 12.1. The second-order valence-corrected chi connectivity index (χ2v) is 4.51. The minimum absolute atomic E-state index is 0. The topological polar surface area (TPSA) is 111 Å². The Kier molecular flexibility index (Phi) is 8.17. The minimum Gasteiger partial charge on any atom is -0.324 e. The molecule has 0 bridgehead atoms. The molecule has 0 saturated carbocycles. The molecular formula is C14H16Cl2N4O3. The number of nitro benzene ring substituents is 1. The highest BCUT2D eigenvalue weighted by Crippen LogP contribution is 2.25. The number of nitrogens with one attached hydrogen (secondary N) is 1. The number of rotatable bonds is 4. The maximum absolute atomic E-state index is 12.1. The number of amides is 1. The summed E-state index contributed by atoms with van der Waals surface area (Å²) >= 11 is 0. The van der Waals surface area contributed by atoms with E-state index < -0.39 is 16.9 Å². The first-order chi connectivity index (χ1) is 9.99. The highest BCUT2D eigenvalue weighted by molar-refractivity contribution is 6.04. The summed E-state index contributed by atoms with van der Waals surface area (Å²) in [7, 11) is 0. The first-order valence-corrected chi connectivity index (χ1v) is 6.24. The highest BCUT2D eigenvalue weighted by atomic mass is 35.5. The fourth-order valence-electron chi connectivity index (χ4n) is 1.87. The van der Waals surface area contributed by atoms with Crippen molar-refractivity contribution in [2.45, 2.75) is 13.0 Å². The molecule has 2 rings (SSSR count). The quantitative estimate of drug-likeness (QED) is 0.644. The Balaban J connectivity index is 0.00000242. The number of benzene rings is 1.